The van der Waals surface area contributed by atoms with E-state index in [0.29, 0.717) is 32.5 Å². The Labute approximate surface area is 241 Å². The Morgan fingerprint density at radius 2 is 1.71 bits per heavy atom. The summed E-state index contributed by atoms with van der Waals surface area (Å²) < 4.78 is 6.05. The van der Waals surface area contributed by atoms with E-state index in [0.717, 1.165) is 29.7 Å². The van der Waals surface area contributed by atoms with Gasteiger partial charge in [-0.3, -0.25) is 14.4 Å². The number of carbonyl (C=O) groups is 3. The van der Waals surface area contributed by atoms with Crippen molar-refractivity contribution in [3.8, 4) is 11.5 Å². The van der Waals surface area contributed by atoms with Crippen LogP contribution in [0.25, 0.3) is 0 Å². The Hall–Kier alpha value is -3.63. The molecule has 10 nitrogen and oxygen atoms in total. The van der Waals surface area contributed by atoms with Gasteiger partial charge in [0.15, 0.2) is 0 Å². The van der Waals surface area contributed by atoms with Crippen molar-refractivity contribution in [2.24, 2.45) is 5.92 Å². The number of phenols is 1. The number of para-hydroxylation sites is 1. The lowest BCUT2D eigenvalue weighted by Gasteiger charge is -2.38. The highest BCUT2D eigenvalue weighted by molar-refractivity contribution is 5.94. The second-order valence-electron chi connectivity index (χ2n) is 11.6. The van der Waals surface area contributed by atoms with Gasteiger partial charge < -0.3 is 35.8 Å². The van der Waals surface area contributed by atoms with Gasteiger partial charge >= 0.3 is 0 Å². The van der Waals surface area contributed by atoms with E-state index < -0.39 is 29.6 Å². The first-order valence-corrected chi connectivity index (χ1v) is 14.3. The van der Waals surface area contributed by atoms with Crippen LogP contribution in [0.3, 0.4) is 0 Å². The molecular weight excluding hydrogens is 524 g/mol. The van der Waals surface area contributed by atoms with Gasteiger partial charge in [-0.15, -0.1) is 0 Å². The average Bonchev–Trinajstić information content (AvgIpc) is 3.76. The van der Waals surface area contributed by atoms with Crippen LogP contribution in [0.15, 0.2) is 48.5 Å². The molecule has 0 bridgehead atoms. The molecule has 0 unspecified atom stereocenters. The molecule has 1 heterocycles. The Morgan fingerprint density at radius 3 is 2.39 bits per heavy atom. The summed E-state index contributed by atoms with van der Waals surface area (Å²) in [5.74, 6) is -0.291. The zero-order chi connectivity index (χ0) is 29.6. The molecule has 2 aromatic rings. The molecule has 10 heteroatoms. The number of carbonyl (C=O) groups excluding carboxylic acids is 3. The molecule has 222 valence electrons. The van der Waals surface area contributed by atoms with Crippen LogP contribution in [0, 0.1) is 5.92 Å². The number of fused-ring (bicyclic) bond motifs is 1. The largest absolute Gasteiger partial charge is 0.508 e. The van der Waals surface area contributed by atoms with E-state index in [9.17, 15) is 24.6 Å². The van der Waals surface area contributed by atoms with Gasteiger partial charge in [-0.05, 0) is 74.8 Å². The number of nitrogens with zero attached hydrogens (tertiary/aromatic N) is 1. The van der Waals surface area contributed by atoms with Gasteiger partial charge in [0, 0.05) is 26.6 Å². The van der Waals surface area contributed by atoms with Crippen LogP contribution in [-0.4, -0.2) is 83.3 Å². The van der Waals surface area contributed by atoms with Crippen LogP contribution < -0.4 is 20.7 Å². The number of hydrogen-bond donors (Lipinski definition) is 5. The molecule has 2 aromatic carbocycles. The highest BCUT2D eigenvalue weighted by Crippen LogP contribution is 2.34. The third-order valence-electron chi connectivity index (χ3n) is 7.64. The van der Waals surface area contributed by atoms with Crippen molar-refractivity contribution < 1.29 is 29.3 Å². The number of aromatic hydroxyl groups is 1. The molecule has 4 rings (SSSR count). The predicted molar refractivity (Wildman–Crippen MR) is 154 cm³/mol. The Balaban J connectivity index is 1.62. The fourth-order valence-corrected chi connectivity index (χ4v) is 5.37. The third-order valence-corrected chi connectivity index (χ3v) is 7.64. The summed E-state index contributed by atoms with van der Waals surface area (Å²) in [4.78, 5) is 42.1. The van der Waals surface area contributed by atoms with Crippen LogP contribution >= 0.6 is 0 Å². The summed E-state index contributed by atoms with van der Waals surface area (Å²) in [7, 11) is 1.52. The molecule has 0 aromatic heterocycles. The number of hydrogen-bond acceptors (Lipinski definition) is 7. The molecule has 2 aliphatic rings. The van der Waals surface area contributed by atoms with Crippen molar-refractivity contribution >= 4 is 17.7 Å². The maximum Gasteiger partial charge on any atom is 0.246 e. The molecule has 0 saturated heterocycles. The first-order valence-electron chi connectivity index (χ1n) is 14.3. The van der Waals surface area contributed by atoms with Gasteiger partial charge in [-0.2, -0.15) is 0 Å². The fraction of sp³-hybridized carbons (Fsp3) is 0.516. The number of amides is 3. The highest BCUT2D eigenvalue weighted by Gasteiger charge is 2.45. The number of nitrogens with one attached hydrogen (secondary N) is 3. The van der Waals surface area contributed by atoms with Crippen LogP contribution in [0.4, 0.5) is 0 Å². The second kappa shape index (κ2) is 13.4. The van der Waals surface area contributed by atoms with Crippen molar-refractivity contribution in [3.05, 3.63) is 59.7 Å². The fourth-order valence-electron chi connectivity index (χ4n) is 5.37. The minimum atomic E-state index is -1.59. The highest BCUT2D eigenvalue weighted by atomic mass is 16.5. The van der Waals surface area contributed by atoms with E-state index in [4.69, 9.17) is 4.74 Å². The summed E-state index contributed by atoms with van der Waals surface area (Å²) in [5.41, 5.74) is 0.175. The maximum absolute atomic E-state index is 13.7. The Kier molecular flexibility index (Phi) is 9.88. The van der Waals surface area contributed by atoms with Crippen molar-refractivity contribution in [1.82, 2.24) is 20.9 Å². The van der Waals surface area contributed by atoms with Gasteiger partial charge in [0.25, 0.3) is 0 Å². The standard InChI is InChI=1S/C31H42N4O6/c1-31(2,40)27-29(38)34-24(19-20-10-14-23(36)15-11-20)28(37)33-16-6-8-21-7-4-5-9-25(21)41-18-17-32-26(22-12-13-22)30(39)35(27)3/h4-5,7,9-11,14-15,22,24,26-27,32,36,40H,6,8,12-13,16-19H2,1-3H3,(H,33,37)(H,34,38)/t24-,26+,27-/m1/s1. The summed E-state index contributed by atoms with van der Waals surface area (Å²) in [6.07, 6.45) is 3.31. The first kappa shape index (κ1) is 30.3. The minimum absolute atomic E-state index is 0.0947. The number of aryl methyl sites for hydroxylation is 1. The summed E-state index contributed by atoms with van der Waals surface area (Å²) in [6, 6.07) is 11.5. The lowest BCUT2D eigenvalue weighted by atomic mass is 9.94. The van der Waals surface area contributed by atoms with Gasteiger partial charge in [0.05, 0.1) is 11.6 Å². The molecule has 1 aliphatic carbocycles. The number of phenolic OH excluding ortho intramolecular Hbond substituents is 1. The number of ether oxygens (including phenoxy) is 1. The molecule has 0 spiro atoms. The summed E-state index contributed by atoms with van der Waals surface area (Å²) in [6.45, 7) is 4.15. The SMILES string of the molecule is CN1C(=O)[C@H](C2CC2)NCCOc2ccccc2CCCNC(=O)[C@@H](Cc2ccc(O)cc2)NC(=O)[C@@H]1C(C)(C)O. The number of rotatable bonds is 4. The zero-order valence-electron chi connectivity index (χ0n) is 24.1. The molecule has 3 amide bonds. The summed E-state index contributed by atoms with van der Waals surface area (Å²) in [5, 5.41) is 29.8. The Bertz CT molecular complexity index is 1210. The first-order chi connectivity index (χ1) is 19.5. The van der Waals surface area contributed by atoms with Crippen LogP contribution in [0.5, 0.6) is 11.5 Å². The lowest BCUT2D eigenvalue weighted by molar-refractivity contribution is -0.150. The van der Waals surface area contributed by atoms with E-state index in [1.54, 1.807) is 12.1 Å². The van der Waals surface area contributed by atoms with Crippen LogP contribution in [-0.2, 0) is 27.2 Å². The zero-order valence-corrected chi connectivity index (χ0v) is 24.1. The molecule has 1 saturated carbocycles. The minimum Gasteiger partial charge on any atom is -0.508 e. The van der Waals surface area contributed by atoms with Crippen molar-refractivity contribution in [3.63, 3.8) is 0 Å². The maximum atomic E-state index is 13.7. The molecular formula is C31H42N4O6. The van der Waals surface area contributed by atoms with Crippen LogP contribution in [0.2, 0.25) is 0 Å². The van der Waals surface area contributed by atoms with Gasteiger partial charge in [0.1, 0.15) is 30.2 Å². The number of likely N-dealkylation sites (N-methyl/N-ethyl adjacent to an activating group) is 1. The van der Waals surface area contributed by atoms with Crippen molar-refractivity contribution in [1.29, 1.82) is 0 Å². The quantitative estimate of drug-likeness (QED) is 0.378. The van der Waals surface area contributed by atoms with E-state index in [1.165, 1.54) is 37.9 Å². The lowest BCUT2D eigenvalue weighted by Crippen LogP contribution is -2.63. The molecule has 0 radical (unpaired) electrons. The predicted octanol–water partition coefficient (Wildman–Crippen LogP) is 1.53. The Morgan fingerprint density at radius 1 is 1.00 bits per heavy atom. The molecule has 5 N–H and O–H groups in total. The smallest absolute Gasteiger partial charge is 0.246 e. The third kappa shape index (κ3) is 8.20. The second-order valence-corrected chi connectivity index (χ2v) is 11.6. The average molecular weight is 567 g/mol. The number of benzene rings is 2. The number of aliphatic hydroxyl groups is 1. The van der Waals surface area contributed by atoms with Gasteiger partial charge in [0.2, 0.25) is 17.7 Å². The monoisotopic (exact) mass is 566 g/mol. The van der Waals surface area contributed by atoms with Crippen LogP contribution in [0.1, 0.15) is 44.2 Å². The molecule has 41 heavy (non-hydrogen) atoms. The molecule has 1 aliphatic heterocycles. The normalized spacial score (nSPS) is 23.9. The van der Waals surface area contributed by atoms with Gasteiger partial charge in [-0.1, -0.05) is 30.3 Å². The van der Waals surface area contributed by atoms with E-state index in [2.05, 4.69) is 16.0 Å². The summed E-state index contributed by atoms with van der Waals surface area (Å²) >= 11 is 0. The molecule has 3 atom stereocenters. The van der Waals surface area contributed by atoms with Gasteiger partial charge in [-0.25, -0.2) is 0 Å². The topological polar surface area (TPSA) is 140 Å². The van der Waals surface area contributed by atoms with E-state index >= 15 is 0 Å². The van der Waals surface area contributed by atoms with E-state index in [-0.39, 0.29) is 29.9 Å². The van der Waals surface area contributed by atoms with Crippen molar-refractivity contribution in [2.75, 3.05) is 26.7 Å². The molecule has 1 fully saturated rings. The van der Waals surface area contributed by atoms with Crippen molar-refractivity contribution in [2.45, 2.75) is 69.7 Å². The van der Waals surface area contributed by atoms with E-state index in [1.807, 2.05) is 24.3 Å².